The van der Waals surface area contributed by atoms with Gasteiger partial charge in [0.15, 0.2) is 0 Å². The molecule has 3 N–H and O–H groups in total. The van der Waals surface area contributed by atoms with E-state index in [9.17, 15) is 4.79 Å². The van der Waals surface area contributed by atoms with Crippen molar-refractivity contribution in [2.45, 2.75) is 0 Å². The van der Waals surface area contributed by atoms with Gasteiger partial charge in [-0.3, -0.25) is 0 Å². The van der Waals surface area contributed by atoms with E-state index < -0.39 is 0 Å². The Hall–Kier alpha value is -3.15. The van der Waals surface area contributed by atoms with E-state index >= 15 is 0 Å². The van der Waals surface area contributed by atoms with E-state index in [0.717, 1.165) is 16.5 Å². The molecule has 6 nitrogen and oxygen atoms in total. The van der Waals surface area contributed by atoms with Crippen LogP contribution in [-0.4, -0.2) is 30.1 Å². The number of carbonyl (C=O) groups excluding carboxylic acids is 1. The number of methoxy groups -OCH3 is 1. The zero-order valence-corrected chi connectivity index (χ0v) is 12.8. The number of carbonyl (C=O) groups is 1. The van der Waals surface area contributed by atoms with Gasteiger partial charge >= 0.3 is 5.97 Å². The molecule has 0 saturated heterocycles. The Morgan fingerprint density at radius 1 is 1.17 bits per heavy atom. The molecule has 116 valence electrons. The van der Waals surface area contributed by atoms with Crippen molar-refractivity contribution in [3.05, 3.63) is 48.0 Å². The first-order valence-electron chi connectivity index (χ1n) is 7.06. The monoisotopic (exact) mass is 308 g/mol. The fourth-order valence-electron chi connectivity index (χ4n) is 2.53. The molecule has 0 spiro atoms. The summed E-state index contributed by atoms with van der Waals surface area (Å²) in [4.78, 5) is 20.4. The Labute approximate surface area is 133 Å². The van der Waals surface area contributed by atoms with Crippen molar-refractivity contribution in [1.82, 2.24) is 9.97 Å². The summed E-state index contributed by atoms with van der Waals surface area (Å²) >= 11 is 0. The number of benzene rings is 2. The van der Waals surface area contributed by atoms with E-state index in [4.69, 9.17) is 10.5 Å². The third-order valence-electron chi connectivity index (χ3n) is 3.59. The molecule has 0 saturated carbocycles. The number of nitrogens with zero attached hydrogens (tertiary/aromatic N) is 2. The van der Waals surface area contributed by atoms with Crippen molar-refractivity contribution in [1.29, 1.82) is 0 Å². The van der Waals surface area contributed by atoms with E-state index in [0.29, 0.717) is 16.9 Å². The van der Waals surface area contributed by atoms with Crippen molar-refractivity contribution in [2.24, 2.45) is 0 Å². The highest BCUT2D eigenvalue weighted by molar-refractivity contribution is 5.99. The normalized spacial score (nSPS) is 10.5. The van der Waals surface area contributed by atoms with E-state index in [-0.39, 0.29) is 11.9 Å². The summed E-state index contributed by atoms with van der Waals surface area (Å²) < 4.78 is 4.85. The van der Waals surface area contributed by atoms with Crippen molar-refractivity contribution in [2.75, 3.05) is 25.2 Å². The summed E-state index contributed by atoms with van der Waals surface area (Å²) in [5.74, 6) is 0.486. The zero-order chi connectivity index (χ0) is 16.4. The van der Waals surface area contributed by atoms with E-state index in [1.165, 1.54) is 7.11 Å². The molecule has 0 fully saturated rings. The van der Waals surface area contributed by atoms with Crippen molar-refractivity contribution in [3.8, 4) is 11.1 Å². The first-order chi connectivity index (χ1) is 11.1. The largest absolute Gasteiger partial charge is 0.465 e. The number of aromatic nitrogens is 2. The van der Waals surface area contributed by atoms with Crippen LogP contribution in [0.25, 0.3) is 22.0 Å². The molecule has 2 aromatic carbocycles. The molecule has 3 aromatic rings. The van der Waals surface area contributed by atoms with Gasteiger partial charge in [0.1, 0.15) is 5.82 Å². The van der Waals surface area contributed by atoms with Crippen LogP contribution in [0.15, 0.2) is 42.5 Å². The molecular formula is C17H16N4O2. The van der Waals surface area contributed by atoms with Crippen LogP contribution in [-0.2, 0) is 4.74 Å². The van der Waals surface area contributed by atoms with Gasteiger partial charge in [0.2, 0.25) is 5.95 Å². The van der Waals surface area contributed by atoms with Crippen molar-refractivity contribution < 1.29 is 9.53 Å². The van der Waals surface area contributed by atoms with Crippen LogP contribution < -0.4 is 11.1 Å². The second-order valence-corrected chi connectivity index (χ2v) is 4.95. The first kappa shape index (κ1) is 14.8. The number of fused-ring (bicyclic) bond motifs is 1. The van der Waals surface area contributed by atoms with Gasteiger partial charge in [-0.1, -0.05) is 24.3 Å². The van der Waals surface area contributed by atoms with Gasteiger partial charge in [-0.05, 0) is 29.3 Å². The first-order valence-corrected chi connectivity index (χ1v) is 7.06. The topological polar surface area (TPSA) is 90.1 Å². The van der Waals surface area contributed by atoms with E-state index in [1.54, 1.807) is 19.2 Å². The van der Waals surface area contributed by atoms with Gasteiger partial charge in [-0.25, -0.2) is 9.78 Å². The van der Waals surface area contributed by atoms with Crippen molar-refractivity contribution >= 4 is 28.6 Å². The lowest BCUT2D eigenvalue weighted by Gasteiger charge is -2.10. The van der Waals surface area contributed by atoms with Gasteiger partial charge in [-0.2, -0.15) is 4.98 Å². The summed E-state index contributed by atoms with van der Waals surface area (Å²) in [6.07, 6.45) is 0. The molecule has 0 atom stereocenters. The highest BCUT2D eigenvalue weighted by atomic mass is 16.5. The lowest BCUT2D eigenvalue weighted by Crippen LogP contribution is -2.04. The van der Waals surface area contributed by atoms with Crippen LogP contribution in [0.2, 0.25) is 0 Å². The fourth-order valence-corrected chi connectivity index (χ4v) is 2.53. The fraction of sp³-hybridized carbons (Fsp3) is 0.118. The minimum Gasteiger partial charge on any atom is -0.465 e. The molecule has 0 aliphatic rings. The highest BCUT2D eigenvalue weighted by Crippen LogP contribution is 2.29. The predicted molar refractivity (Wildman–Crippen MR) is 90.3 cm³/mol. The van der Waals surface area contributed by atoms with E-state index in [1.807, 2.05) is 30.3 Å². The van der Waals surface area contributed by atoms with Crippen LogP contribution in [0.4, 0.5) is 11.8 Å². The summed E-state index contributed by atoms with van der Waals surface area (Å²) in [6.45, 7) is 0. The Balaban J connectivity index is 2.21. The molecule has 0 bridgehead atoms. The Morgan fingerprint density at radius 3 is 2.70 bits per heavy atom. The molecule has 0 aliphatic carbocycles. The number of ether oxygens (including phenoxy) is 1. The summed E-state index contributed by atoms with van der Waals surface area (Å²) in [5, 5.41) is 3.87. The van der Waals surface area contributed by atoms with E-state index in [2.05, 4.69) is 15.3 Å². The maximum atomic E-state index is 11.9. The molecular weight excluding hydrogens is 292 g/mol. The van der Waals surface area contributed by atoms with Gasteiger partial charge in [0.05, 0.1) is 18.2 Å². The lowest BCUT2D eigenvalue weighted by molar-refractivity contribution is 0.0601. The number of anilines is 2. The van der Waals surface area contributed by atoms with Crippen LogP contribution >= 0.6 is 0 Å². The molecule has 6 heteroatoms. The molecule has 0 radical (unpaired) electrons. The number of nitrogen functional groups attached to an aromatic ring is 1. The molecule has 23 heavy (non-hydrogen) atoms. The lowest BCUT2D eigenvalue weighted by atomic mass is 9.98. The maximum Gasteiger partial charge on any atom is 0.338 e. The molecule has 3 rings (SSSR count). The maximum absolute atomic E-state index is 11.9. The molecule has 0 unspecified atom stereocenters. The Kier molecular flexibility index (Phi) is 3.80. The predicted octanol–water partition coefficient (Wildman–Crippen LogP) is 2.71. The van der Waals surface area contributed by atoms with Crippen LogP contribution in [0.5, 0.6) is 0 Å². The molecule has 0 amide bonds. The quantitative estimate of drug-likeness (QED) is 0.723. The van der Waals surface area contributed by atoms with Crippen molar-refractivity contribution in [3.63, 3.8) is 0 Å². The average Bonchev–Trinajstić information content (AvgIpc) is 2.59. The number of rotatable bonds is 3. The highest BCUT2D eigenvalue weighted by Gasteiger charge is 2.14. The standard InChI is InChI=1S/C17H16N4O2/c1-19-15-13-8-7-10(9-14(13)20-17(18)21-15)11-5-3-4-6-12(11)16(22)23-2/h3-9H,1-2H3,(H3,18,19,20,21). The summed E-state index contributed by atoms with van der Waals surface area (Å²) in [7, 11) is 3.15. The van der Waals surface area contributed by atoms with Gasteiger partial charge in [0, 0.05) is 12.4 Å². The minimum atomic E-state index is -0.376. The van der Waals surface area contributed by atoms with Crippen LogP contribution in [0.1, 0.15) is 10.4 Å². The van der Waals surface area contributed by atoms with Crippen LogP contribution in [0, 0.1) is 0 Å². The summed E-state index contributed by atoms with van der Waals surface area (Å²) in [6, 6.07) is 13.0. The third-order valence-corrected chi connectivity index (χ3v) is 3.59. The Bertz CT molecular complexity index is 893. The third kappa shape index (κ3) is 2.66. The molecule has 1 heterocycles. The number of nitrogens with two attached hydrogens (primary N) is 1. The van der Waals surface area contributed by atoms with Gasteiger partial charge in [-0.15, -0.1) is 0 Å². The molecule has 0 aliphatic heterocycles. The number of hydrogen-bond donors (Lipinski definition) is 2. The average molecular weight is 308 g/mol. The number of nitrogens with one attached hydrogen (secondary N) is 1. The van der Waals surface area contributed by atoms with Crippen LogP contribution in [0.3, 0.4) is 0 Å². The zero-order valence-electron chi connectivity index (χ0n) is 12.8. The van der Waals surface area contributed by atoms with Gasteiger partial charge < -0.3 is 15.8 Å². The minimum absolute atomic E-state index is 0.195. The number of hydrogen-bond acceptors (Lipinski definition) is 6. The second kappa shape index (κ2) is 5.92. The Morgan fingerprint density at radius 2 is 1.96 bits per heavy atom. The number of esters is 1. The molecule has 1 aromatic heterocycles. The summed E-state index contributed by atoms with van der Waals surface area (Å²) in [5.41, 5.74) is 8.61. The SMILES string of the molecule is CNc1nc(N)nc2cc(-c3ccccc3C(=O)OC)ccc12. The van der Waals surface area contributed by atoms with Gasteiger partial charge in [0.25, 0.3) is 0 Å². The second-order valence-electron chi connectivity index (χ2n) is 4.95. The smallest absolute Gasteiger partial charge is 0.338 e.